The first-order valence-corrected chi connectivity index (χ1v) is 8.06. The van der Waals surface area contributed by atoms with Crippen molar-refractivity contribution in [3.8, 4) is 11.4 Å². The molecule has 0 saturated heterocycles. The van der Waals surface area contributed by atoms with E-state index in [2.05, 4.69) is 31.2 Å². The molecule has 0 fully saturated rings. The normalized spacial score (nSPS) is 11.3. The van der Waals surface area contributed by atoms with E-state index in [1.54, 1.807) is 6.07 Å². The molecule has 0 atom stereocenters. The van der Waals surface area contributed by atoms with Crippen LogP contribution in [-0.2, 0) is 0 Å². The molecule has 0 unspecified atom stereocenters. The van der Waals surface area contributed by atoms with Crippen LogP contribution < -0.4 is 0 Å². The zero-order valence-electron chi connectivity index (χ0n) is 11.5. The molecule has 116 valence electrons. The second-order valence-corrected chi connectivity index (χ2v) is 6.17. The molecule has 0 amide bonds. The number of aromatic amines is 1. The number of halogens is 3. The number of rotatable bonds is 3. The van der Waals surface area contributed by atoms with E-state index in [1.807, 2.05) is 24.3 Å². The summed E-state index contributed by atoms with van der Waals surface area (Å²) in [5.41, 5.74) is 0.993. The zero-order chi connectivity index (χ0) is 16.4. The van der Waals surface area contributed by atoms with E-state index in [-0.39, 0.29) is 10.6 Å². The van der Waals surface area contributed by atoms with Gasteiger partial charge < -0.3 is 0 Å². The first kappa shape index (κ1) is 16.0. The number of benzene rings is 2. The first-order chi connectivity index (χ1) is 11.1. The second kappa shape index (κ2) is 6.74. The van der Waals surface area contributed by atoms with Crippen LogP contribution in [0.2, 0.25) is 5.02 Å². The molecule has 3 rings (SSSR count). The SMILES string of the molecule is Fc1cccc(Cl)c1/C=N\n1c(-c2ccccc2Br)n[nH]c1=S. The van der Waals surface area contributed by atoms with Gasteiger partial charge in [0, 0.05) is 15.6 Å². The highest BCUT2D eigenvalue weighted by molar-refractivity contribution is 9.10. The van der Waals surface area contributed by atoms with Crippen molar-refractivity contribution in [2.75, 3.05) is 0 Å². The van der Waals surface area contributed by atoms with Crippen molar-refractivity contribution in [2.24, 2.45) is 5.10 Å². The third-order valence-corrected chi connectivity index (χ3v) is 4.35. The fourth-order valence-electron chi connectivity index (χ4n) is 1.97. The molecule has 23 heavy (non-hydrogen) atoms. The molecule has 1 aromatic heterocycles. The number of nitrogens with zero attached hydrogens (tertiary/aromatic N) is 3. The van der Waals surface area contributed by atoms with E-state index in [9.17, 15) is 4.39 Å². The molecule has 0 spiro atoms. The molecule has 4 nitrogen and oxygen atoms in total. The summed E-state index contributed by atoms with van der Waals surface area (Å²) in [4.78, 5) is 0. The Morgan fingerprint density at radius 1 is 1.26 bits per heavy atom. The summed E-state index contributed by atoms with van der Waals surface area (Å²) >= 11 is 14.6. The van der Waals surface area contributed by atoms with Crippen LogP contribution >= 0.6 is 39.7 Å². The molecule has 2 aromatic carbocycles. The highest BCUT2D eigenvalue weighted by Gasteiger charge is 2.11. The van der Waals surface area contributed by atoms with Gasteiger partial charge in [-0.05, 0) is 36.5 Å². The van der Waals surface area contributed by atoms with E-state index < -0.39 is 5.82 Å². The summed E-state index contributed by atoms with van der Waals surface area (Å²) in [7, 11) is 0. The molecule has 0 aliphatic carbocycles. The fourth-order valence-corrected chi connectivity index (χ4v) is 2.82. The highest BCUT2D eigenvalue weighted by atomic mass is 79.9. The lowest BCUT2D eigenvalue weighted by molar-refractivity contribution is 0.625. The maximum atomic E-state index is 13.8. The average Bonchev–Trinajstić information content (AvgIpc) is 2.88. The molecule has 3 aromatic rings. The summed E-state index contributed by atoms with van der Waals surface area (Å²) in [6.45, 7) is 0. The molecule has 0 aliphatic rings. The lowest BCUT2D eigenvalue weighted by atomic mass is 10.2. The minimum Gasteiger partial charge on any atom is -0.250 e. The summed E-state index contributed by atoms with van der Waals surface area (Å²) in [6.07, 6.45) is 1.32. The number of hydrogen-bond donors (Lipinski definition) is 1. The Morgan fingerprint density at radius 3 is 2.78 bits per heavy atom. The Balaban J connectivity index is 2.09. The first-order valence-electron chi connectivity index (χ1n) is 6.48. The third-order valence-electron chi connectivity index (χ3n) is 3.07. The predicted molar refractivity (Wildman–Crippen MR) is 94.9 cm³/mol. The summed E-state index contributed by atoms with van der Waals surface area (Å²) in [5, 5.41) is 11.4. The molecular weight excluding hydrogens is 403 g/mol. The van der Waals surface area contributed by atoms with Crippen molar-refractivity contribution in [1.82, 2.24) is 14.9 Å². The number of hydrogen-bond acceptors (Lipinski definition) is 3. The van der Waals surface area contributed by atoms with Crippen molar-refractivity contribution in [3.63, 3.8) is 0 Å². The van der Waals surface area contributed by atoms with E-state index in [0.29, 0.717) is 10.6 Å². The van der Waals surface area contributed by atoms with Gasteiger partial charge in [-0.1, -0.05) is 45.7 Å². The summed E-state index contributed by atoms with van der Waals surface area (Å²) in [6, 6.07) is 12.0. The maximum absolute atomic E-state index is 13.8. The van der Waals surface area contributed by atoms with Crippen LogP contribution in [-0.4, -0.2) is 21.1 Å². The van der Waals surface area contributed by atoms with Crippen LogP contribution in [0.15, 0.2) is 52.0 Å². The van der Waals surface area contributed by atoms with Crippen molar-refractivity contribution < 1.29 is 4.39 Å². The van der Waals surface area contributed by atoms with Gasteiger partial charge in [0.15, 0.2) is 5.82 Å². The summed E-state index contributed by atoms with van der Waals surface area (Å²) < 4.78 is 16.4. The van der Waals surface area contributed by atoms with Gasteiger partial charge in [0.25, 0.3) is 0 Å². The molecule has 1 heterocycles. The Labute approximate surface area is 149 Å². The Kier molecular flexibility index (Phi) is 4.70. The van der Waals surface area contributed by atoms with Gasteiger partial charge in [0.2, 0.25) is 4.77 Å². The number of H-pyrrole nitrogens is 1. The Morgan fingerprint density at radius 2 is 2.04 bits per heavy atom. The van der Waals surface area contributed by atoms with Crippen molar-refractivity contribution >= 4 is 46.0 Å². The van der Waals surface area contributed by atoms with Crippen LogP contribution in [0.4, 0.5) is 4.39 Å². The third kappa shape index (κ3) is 3.26. The molecule has 0 bridgehead atoms. The van der Waals surface area contributed by atoms with Gasteiger partial charge in [-0.25, -0.2) is 9.49 Å². The van der Waals surface area contributed by atoms with Gasteiger partial charge >= 0.3 is 0 Å². The van der Waals surface area contributed by atoms with Crippen LogP contribution in [0.5, 0.6) is 0 Å². The highest BCUT2D eigenvalue weighted by Crippen LogP contribution is 2.26. The Hall–Kier alpha value is -1.83. The van der Waals surface area contributed by atoms with E-state index >= 15 is 0 Å². The van der Waals surface area contributed by atoms with Crippen LogP contribution in [0.1, 0.15) is 5.56 Å². The molecule has 8 heteroatoms. The van der Waals surface area contributed by atoms with Crippen LogP contribution in [0.3, 0.4) is 0 Å². The maximum Gasteiger partial charge on any atom is 0.216 e. The molecule has 0 aliphatic heterocycles. The minimum atomic E-state index is -0.460. The topological polar surface area (TPSA) is 46.0 Å². The largest absolute Gasteiger partial charge is 0.250 e. The molecular formula is C15H9BrClFN4S. The Bertz CT molecular complexity index is 930. The van der Waals surface area contributed by atoms with E-state index in [4.69, 9.17) is 23.8 Å². The number of nitrogens with one attached hydrogen (secondary N) is 1. The van der Waals surface area contributed by atoms with Gasteiger partial charge in [0.1, 0.15) is 5.82 Å². The van der Waals surface area contributed by atoms with Crippen LogP contribution in [0.25, 0.3) is 11.4 Å². The van der Waals surface area contributed by atoms with Gasteiger partial charge in [-0.15, -0.1) is 0 Å². The lowest BCUT2D eigenvalue weighted by Crippen LogP contribution is -1.97. The van der Waals surface area contributed by atoms with Gasteiger partial charge in [-0.3, -0.25) is 0 Å². The van der Waals surface area contributed by atoms with Crippen molar-refractivity contribution in [1.29, 1.82) is 0 Å². The van der Waals surface area contributed by atoms with Gasteiger partial charge in [-0.2, -0.15) is 14.9 Å². The lowest BCUT2D eigenvalue weighted by Gasteiger charge is -2.04. The van der Waals surface area contributed by atoms with Crippen molar-refractivity contribution in [3.05, 3.63) is 68.1 Å². The smallest absolute Gasteiger partial charge is 0.216 e. The van der Waals surface area contributed by atoms with Gasteiger partial charge in [0.05, 0.1) is 11.2 Å². The standard InChI is InChI=1S/C15H9BrClFN4S/c16-11-5-2-1-4-9(11)14-20-21-15(23)22(14)19-8-10-12(17)6-3-7-13(10)18/h1-8H,(H,21,23)/b19-8-. The monoisotopic (exact) mass is 410 g/mol. The van der Waals surface area contributed by atoms with Crippen LogP contribution in [0, 0.1) is 10.6 Å². The molecule has 0 saturated carbocycles. The second-order valence-electron chi connectivity index (χ2n) is 4.52. The minimum absolute atomic E-state index is 0.190. The average molecular weight is 412 g/mol. The van der Waals surface area contributed by atoms with E-state index in [0.717, 1.165) is 10.0 Å². The fraction of sp³-hybridized carbons (Fsp3) is 0. The zero-order valence-corrected chi connectivity index (χ0v) is 14.7. The van der Waals surface area contributed by atoms with Crippen molar-refractivity contribution in [2.45, 2.75) is 0 Å². The summed E-state index contributed by atoms with van der Waals surface area (Å²) in [5.74, 6) is 0.0462. The number of aromatic nitrogens is 3. The molecule has 1 N–H and O–H groups in total. The quantitative estimate of drug-likeness (QED) is 0.484. The molecule has 0 radical (unpaired) electrons. The van der Waals surface area contributed by atoms with E-state index in [1.165, 1.54) is 23.0 Å². The predicted octanol–water partition coefficient (Wildman–Crippen LogP) is 5.04.